The highest BCUT2D eigenvalue weighted by Gasteiger charge is 2.47. The molecule has 1 fully saturated rings. The van der Waals surface area contributed by atoms with Crippen molar-refractivity contribution < 1.29 is 17.6 Å². The van der Waals surface area contributed by atoms with E-state index in [1.54, 1.807) is 18.2 Å². The summed E-state index contributed by atoms with van der Waals surface area (Å²) in [6.45, 7) is 0. The van der Waals surface area contributed by atoms with Crippen molar-refractivity contribution in [2.45, 2.75) is 17.4 Å². The second kappa shape index (κ2) is 7.06. The molecule has 4 atom stereocenters. The van der Waals surface area contributed by atoms with Crippen LogP contribution in [0.15, 0.2) is 58.1 Å². The van der Waals surface area contributed by atoms with E-state index in [1.165, 1.54) is 18.4 Å². The lowest BCUT2D eigenvalue weighted by Crippen LogP contribution is -2.41. The van der Waals surface area contributed by atoms with Gasteiger partial charge in [0.25, 0.3) is 0 Å². The van der Waals surface area contributed by atoms with Crippen molar-refractivity contribution >= 4 is 44.5 Å². The average molecular weight is 440 g/mol. The molecule has 2 aliphatic rings. The Bertz CT molecular complexity index is 1300. The third-order valence-electron chi connectivity index (χ3n) is 5.83. The van der Waals surface area contributed by atoms with Crippen LogP contribution in [0.3, 0.4) is 0 Å². The summed E-state index contributed by atoms with van der Waals surface area (Å²) in [6, 6.07) is 7.46. The number of carbonyl (C=O) groups is 1. The molecule has 1 amide bonds. The highest BCUT2D eigenvalue weighted by molar-refractivity contribution is 7.89. The Morgan fingerprint density at radius 3 is 2.55 bits per heavy atom. The standard InChI is InChI=1S/C20H20N6O4S/c21-18(27)15-10-1-2-11(9-10)16(15)25-19-17-14(7-8-30-17)24-20(26-19)23-12-3-5-13(6-4-12)31(22,28)29/h1-8,10-11,15-16H,9H2,(H2,21,27)(H2,22,28,29)(H2,23,24,25,26). The van der Waals surface area contributed by atoms with Crippen LogP contribution in [0.1, 0.15) is 6.42 Å². The zero-order chi connectivity index (χ0) is 21.8. The number of fused-ring (bicyclic) bond motifs is 3. The van der Waals surface area contributed by atoms with Crippen LogP contribution in [-0.4, -0.2) is 30.3 Å². The van der Waals surface area contributed by atoms with Gasteiger partial charge in [0, 0.05) is 17.8 Å². The Morgan fingerprint density at radius 2 is 1.84 bits per heavy atom. The van der Waals surface area contributed by atoms with E-state index in [0.717, 1.165) is 6.42 Å². The molecular weight excluding hydrogens is 420 g/mol. The number of primary sulfonamides is 1. The number of hydrogen-bond donors (Lipinski definition) is 4. The highest BCUT2D eigenvalue weighted by Crippen LogP contribution is 2.45. The Labute approximate surface area is 177 Å². The first kappa shape index (κ1) is 19.5. The molecule has 2 aliphatic carbocycles. The quantitative estimate of drug-likeness (QED) is 0.420. The van der Waals surface area contributed by atoms with Crippen LogP contribution in [0.25, 0.3) is 11.1 Å². The van der Waals surface area contributed by atoms with Crippen molar-refractivity contribution in [3.05, 3.63) is 48.7 Å². The summed E-state index contributed by atoms with van der Waals surface area (Å²) >= 11 is 0. The summed E-state index contributed by atoms with van der Waals surface area (Å²) in [5.41, 5.74) is 7.30. The van der Waals surface area contributed by atoms with E-state index in [-0.39, 0.29) is 40.5 Å². The molecule has 2 aromatic heterocycles. The first-order valence-electron chi connectivity index (χ1n) is 9.69. The number of aromatic nitrogens is 2. The molecule has 3 aromatic rings. The smallest absolute Gasteiger partial charge is 0.238 e. The van der Waals surface area contributed by atoms with E-state index in [0.29, 0.717) is 22.6 Å². The van der Waals surface area contributed by atoms with Gasteiger partial charge in [0.15, 0.2) is 11.4 Å². The minimum atomic E-state index is -3.78. The topological polar surface area (TPSA) is 166 Å². The van der Waals surface area contributed by atoms with E-state index in [2.05, 4.69) is 32.8 Å². The Kier molecular flexibility index (Phi) is 4.45. The molecule has 1 aromatic carbocycles. The molecule has 1 saturated carbocycles. The first-order valence-corrected chi connectivity index (χ1v) is 11.2. The van der Waals surface area contributed by atoms with Crippen LogP contribution < -0.4 is 21.5 Å². The SMILES string of the molecule is NC(=O)C1C2C=CC(C2)C1Nc1nc(Nc2ccc(S(N)(=O)=O)cc2)nc2ccoc12. The lowest BCUT2D eigenvalue weighted by molar-refractivity contribution is -0.122. The maximum Gasteiger partial charge on any atom is 0.238 e. The van der Waals surface area contributed by atoms with Gasteiger partial charge in [0.1, 0.15) is 5.52 Å². The summed E-state index contributed by atoms with van der Waals surface area (Å²) < 4.78 is 28.4. The maximum atomic E-state index is 12.0. The molecule has 0 aliphatic heterocycles. The number of carbonyl (C=O) groups excluding carboxylic acids is 1. The lowest BCUT2D eigenvalue weighted by Gasteiger charge is -2.27. The molecular formula is C20H20N6O4S. The van der Waals surface area contributed by atoms with Crippen molar-refractivity contribution in [3.8, 4) is 0 Å². The minimum Gasteiger partial charge on any atom is -0.459 e. The molecule has 6 N–H and O–H groups in total. The zero-order valence-electron chi connectivity index (χ0n) is 16.2. The summed E-state index contributed by atoms with van der Waals surface area (Å²) in [6.07, 6.45) is 6.55. The van der Waals surface area contributed by atoms with Crippen molar-refractivity contribution in [3.63, 3.8) is 0 Å². The van der Waals surface area contributed by atoms with Crippen LogP contribution in [0, 0.1) is 17.8 Å². The van der Waals surface area contributed by atoms with Crippen LogP contribution in [0.5, 0.6) is 0 Å². The van der Waals surface area contributed by atoms with Crippen molar-refractivity contribution in [1.82, 2.24) is 9.97 Å². The number of amides is 1. The molecule has 2 bridgehead atoms. The molecule has 10 nitrogen and oxygen atoms in total. The fraction of sp³-hybridized carbons (Fsp3) is 0.250. The summed E-state index contributed by atoms with van der Waals surface area (Å²) in [5.74, 6) is 0.392. The van der Waals surface area contributed by atoms with Crippen LogP contribution in [-0.2, 0) is 14.8 Å². The van der Waals surface area contributed by atoms with Gasteiger partial charge in [0.05, 0.1) is 17.1 Å². The third-order valence-corrected chi connectivity index (χ3v) is 6.76. The Balaban J connectivity index is 1.45. The van der Waals surface area contributed by atoms with Gasteiger partial charge < -0.3 is 20.8 Å². The molecule has 160 valence electrons. The second-order valence-corrected chi connectivity index (χ2v) is 9.33. The third kappa shape index (κ3) is 3.51. The summed E-state index contributed by atoms with van der Waals surface area (Å²) in [4.78, 5) is 21.0. The number of allylic oxidation sites excluding steroid dienone is 1. The molecule has 2 heterocycles. The number of nitrogens with one attached hydrogen (secondary N) is 2. The number of nitrogens with zero attached hydrogens (tertiary/aromatic N) is 2. The van der Waals surface area contributed by atoms with E-state index < -0.39 is 10.0 Å². The maximum absolute atomic E-state index is 12.0. The van der Waals surface area contributed by atoms with Crippen molar-refractivity contribution in [2.24, 2.45) is 28.6 Å². The molecule has 4 unspecified atom stereocenters. The molecule has 11 heteroatoms. The van der Waals surface area contributed by atoms with Gasteiger partial charge in [0.2, 0.25) is 21.9 Å². The zero-order valence-corrected chi connectivity index (χ0v) is 17.0. The van der Waals surface area contributed by atoms with Gasteiger partial charge in [-0.05, 0) is 42.5 Å². The number of rotatable bonds is 6. The van der Waals surface area contributed by atoms with Crippen LogP contribution >= 0.6 is 0 Å². The lowest BCUT2D eigenvalue weighted by atomic mass is 9.88. The van der Waals surface area contributed by atoms with Gasteiger partial charge in [-0.15, -0.1) is 0 Å². The average Bonchev–Trinajstić information content (AvgIpc) is 3.43. The van der Waals surface area contributed by atoms with E-state index >= 15 is 0 Å². The number of hydrogen-bond acceptors (Lipinski definition) is 8. The molecule has 31 heavy (non-hydrogen) atoms. The van der Waals surface area contributed by atoms with Gasteiger partial charge in [-0.1, -0.05) is 12.2 Å². The number of benzene rings is 1. The van der Waals surface area contributed by atoms with Gasteiger partial charge in [-0.25, -0.2) is 18.5 Å². The second-order valence-electron chi connectivity index (χ2n) is 7.77. The Hall–Kier alpha value is -3.44. The Morgan fingerprint density at radius 1 is 1.10 bits per heavy atom. The van der Waals surface area contributed by atoms with Crippen molar-refractivity contribution in [2.75, 3.05) is 10.6 Å². The number of anilines is 3. The normalized spacial score (nSPS) is 24.5. The number of nitrogens with two attached hydrogens (primary N) is 2. The van der Waals surface area contributed by atoms with E-state index in [1.807, 2.05) is 0 Å². The highest BCUT2D eigenvalue weighted by atomic mass is 32.2. The monoisotopic (exact) mass is 440 g/mol. The minimum absolute atomic E-state index is 0.00782. The van der Waals surface area contributed by atoms with Crippen molar-refractivity contribution in [1.29, 1.82) is 0 Å². The predicted molar refractivity (Wildman–Crippen MR) is 114 cm³/mol. The number of furan rings is 1. The van der Waals surface area contributed by atoms with Crippen LogP contribution in [0.2, 0.25) is 0 Å². The predicted octanol–water partition coefficient (Wildman–Crippen LogP) is 1.70. The van der Waals surface area contributed by atoms with Gasteiger partial charge in [-0.2, -0.15) is 4.98 Å². The molecule has 5 rings (SSSR count). The first-order chi connectivity index (χ1) is 14.8. The number of sulfonamides is 1. The number of primary amides is 1. The van der Waals surface area contributed by atoms with E-state index in [4.69, 9.17) is 15.3 Å². The van der Waals surface area contributed by atoms with Gasteiger partial charge >= 0.3 is 0 Å². The van der Waals surface area contributed by atoms with Crippen LogP contribution in [0.4, 0.5) is 17.5 Å². The fourth-order valence-electron chi connectivity index (χ4n) is 4.44. The van der Waals surface area contributed by atoms with Gasteiger partial charge in [-0.3, -0.25) is 4.79 Å². The molecule has 0 radical (unpaired) electrons. The van der Waals surface area contributed by atoms with E-state index in [9.17, 15) is 13.2 Å². The largest absolute Gasteiger partial charge is 0.459 e. The summed E-state index contributed by atoms with van der Waals surface area (Å²) in [5, 5.41) is 11.5. The fourth-order valence-corrected chi connectivity index (χ4v) is 4.95. The molecule has 0 saturated heterocycles. The molecule has 0 spiro atoms. The summed E-state index contributed by atoms with van der Waals surface area (Å²) in [7, 11) is -3.78.